The highest BCUT2D eigenvalue weighted by atomic mass is 19.1. The Balaban J connectivity index is 1.57. The topological polar surface area (TPSA) is 106 Å². The Kier molecular flexibility index (Phi) is 8.07. The molecule has 0 unspecified atom stereocenters. The van der Waals surface area contributed by atoms with Crippen molar-refractivity contribution in [2.45, 2.75) is 6.61 Å². The first-order valence-corrected chi connectivity index (χ1v) is 11.3. The zero-order valence-electron chi connectivity index (χ0n) is 20.2. The molecule has 8 nitrogen and oxygen atoms in total. The number of aliphatic hydroxyl groups excluding tert-OH is 1. The predicted octanol–water partition coefficient (Wildman–Crippen LogP) is 5.51. The van der Waals surface area contributed by atoms with Crippen LogP contribution in [0.25, 0.3) is 6.08 Å². The summed E-state index contributed by atoms with van der Waals surface area (Å²) in [6.07, 6.45) is 6.28. The molecule has 4 aromatic rings. The van der Waals surface area contributed by atoms with E-state index in [-0.39, 0.29) is 18.2 Å². The Morgan fingerprint density at radius 1 is 0.946 bits per heavy atom. The van der Waals surface area contributed by atoms with Crippen LogP contribution in [0.5, 0.6) is 11.5 Å². The number of anilines is 4. The number of hydrogen-bond donors (Lipinski definition) is 3. The van der Waals surface area contributed by atoms with Crippen LogP contribution in [0.3, 0.4) is 0 Å². The largest absolute Gasteiger partial charge is 0.493 e. The number of aliphatic hydroxyl groups is 1. The molecule has 0 amide bonds. The van der Waals surface area contributed by atoms with Gasteiger partial charge in [0.2, 0.25) is 0 Å². The number of ether oxygens (including phenoxy) is 2. The van der Waals surface area contributed by atoms with E-state index in [4.69, 9.17) is 9.47 Å². The monoisotopic (exact) mass is 500 g/mol. The van der Waals surface area contributed by atoms with Crippen LogP contribution in [-0.4, -0.2) is 35.1 Å². The van der Waals surface area contributed by atoms with Crippen LogP contribution in [0.15, 0.2) is 79.1 Å². The van der Waals surface area contributed by atoms with Crippen LogP contribution >= 0.6 is 0 Å². The number of hydrogen-bond acceptors (Lipinski definition) is 8. The van der Waals surface area contributed by atoms with Crippen molar-refractivity contribution in [2.24, 2.45) is 0 Å². The van der Waals surface area contributed by atoms with Gasteiger partial charge >= 0.3 is 0 Å². The summed E-state index contributed by atoms with van der Waals surface area (Å²) in [6.45, 7) is -0.238. The highest BCUT2D eigenvalue weighted by Gasteiger charge is 2.14. The van der Waals surface area contributed by atoms with Crippen molar-refractivity contribution in [1.82, 2.24) is 9.97 Å². The van der Waals surface area contributed by atoms with E-state index in [1.165, 1.54) is 32.4 Å². The molecule has 0 atom stereocenters. The highest BCUT2D eigenvalue weighted by Crippen LogP contribution is 2.36. The maximum atomic E-state index is 13.2. The van der Waals surface area contributed by atoms with E-state index >= 15 is 0 Å². The minimum Gasteiger partial charge on any atom is -0.493 e. The number of nitrogens with zero attached hydrogens (tertiary/aromatic N) is 2. The Labute approximate surface area is 213 Å². The Morgan fingerprint density at radius 3 is 2.35 bits per heavy atom. The van der Waals surface area contributed by atoms with Crippen LogP contribution in [0.4, 0.5) is 27.4 Å². The molecule has 0 fully saturated rings. The van der Waals surface area contributed by atoms with Gasteiger partial charge in [-0.2, -0.15) is 0 Å². The normalized spacial score (nSPS) is 10.8. The van der Waals surface area contributed by atoms with Gasteiger partial charge in [-0.3, -0.25) is 4.79 Å². The number of aromatic nitrogens is 2. The van der Waals surface area contributed by atoms with Crippen molar-refractivity contribution in [3.05, 3.63) is 102 Å². The van der Waals surface area contributed by atoms with Gasteiger partial charge in [-0.25, -0.2) is 14.4 Å². The van der Waals surface area contributed by atoms with E-state index in [1.807, 2.05) is 6.07 Å². The van der Waals surface area contributed by atoms with E-state index in [2.05, 4.69) is 20.6 Å². The van der Waals surface area contributed by atoms with Crippen molar-refractivity contribution in [3.8, 4) is 11.5 Å². The molecule has 0 saturated heterocycles. The second-order valence-corrected chi connectivity index (χ2v) is 7.82. The number of halogens is 1. The lowest BCUT2D eigenvalue weighted by atomic mass is 10.1. The second-order valence-electron chi connectivity index (χ2n) is 7.82. The Morgan fingerprint density at radius 2 is 1.65 bits per heavy atom. The van der Waals surface area contributed by atoms with Crippen molar-refractivity contribution < 1.29 is 23.8 Å². The summed E-state index contributed by atoms with van der Waals surface area (Å²) in [5, 5.41) is 16.0. The SMILES string of the molecule is COc1cc(Nc2ncccc2C=CC(=O)c2cccnc2Nc2ccc(F)cc2)cc(CO)c1OC. The molecular formula is C28H25FN4O4. The van der Waals surface area contributed by atoms with Crippen LogP contribution in [0, 0.1) is 5.82 Å². The summed E-state index contributed by atoms with van der Waals surface area (Å²) < 4.78 is 24.0. The summed E-state index contributed by atoms with van der Waals surface area (Å²) in [5.74, 6) is 1.13. The van der Waals surface area contributed by atoms with Gasteiger partial charge in [0.15, 0.2) is 17.3 Å². The zero-order valence-corrected chi connectivity index (χ0v) is 20.2. The average molecular weight is 501 g/mol. The van der Waals surface area contributed by atoms with Crippen molar-refractivity contribution in [1.29, 1.82) is 0 Å². The molecule has 2 aromatic carbocycles. The molecule has 9 heteroatoms. The Bertz CT molecular complexity index is 1400. The van der Waals surface area contributed by atoms with Gasteiger partial charge in [0, 0.05) is 41.0 Å². The Hall–Kier alpha value is -4.76. The van der Waals surface area contributed by atoms with Gasteiger partial charge in [-0.15, -0.1) is 0 Å². The van der Waals surface area contributed by atoms with Gasteiger partial charge in [-0.1, -0.05) is 0 Å². The van der Waals surface area contributed by atoms with Gasteiger partial charge in [0.1, 0.15) is 17.5 Å². The lowest BCUT2D eigenvalue weighted by molar-refractivity contribution is 0.104. The molecule has 37 heavy (non-hydrogen) atoms. The van der Waals surface area contributed by atoms with E-state index in [0.717, 1.165) is 0 Å². The van der Waals surface area contributed by atoms with Crippen LogP contribution in [0.1, 0.15) is 21.5 Å². The van der Waals surface area contributed by atoms with Crippen molar-refractivity contribution >= 4 is 34.9 Å². The number of carbonyl (C=O) groups is 1. The number of methoxy groups -OCH3 is 2. The summed E-state index contributed by atoms with van der Waals surface area (Å²) in [5.41, 5.74) is 2.79. The smallest absolute Gasteiger partial charge is 0.189 e. The molecule has 2 heterocycles. The van der Waals surface area contributed by atoms with E-state index in [0.29, 0.717) is 51.2 Å². The minimum absolute atomic E-state index is 0.238. The third-order valence-corrected chi connectivity index (χ3v) is 5.42. The molecule has 0 spiro atoms. The first-order chi connectivity index (χ1) is 18.0. The highest BCUT2D eigenvalue weighted by molar-refractivity contribution is 6.10. The molecule has 0 aliphatic heterocycles. The van der Waals surface area contributed by atoms with Crippen LogP contribution < -0.4 is 20.1 Å². The van der Waals surface area contributed by atoms with Crippen molar-refractivity contribution in [2.75, 3.05) is 24.9 Å². The molecule has 0 radical (unpaired) electrons. The molecule has 0 saturated carbocycles. The summed E-state index contributed by atoms with van der Waals surface area (Å²) in [7, 11) is 3.02. The summed E-state index contributed by atoms with van der Waals surface area (Å²) in [4.78, 5) is 21.7. The standard InChI is InChI=1S/C28H25FN4O4/c1-36-25-16-22(15-19(17-34)26(25)37-2)33-27-18(5-3-13-30-27)7-12-24(35)23-6-4-14-31-28(23)32-21-10-8-20(29)9-11-21/h3-16,34H,17H2,1-2H3,(H,30,33)(H,31,32). The first kappa shape index (κ1) is 25.3. The number of allylic oxidation sites excluding steroid dienone is 1. The molecule has 0 aliphatic carbocycles. The number of carbonyl (C=O) groups excluding carboxylic acids is 1. The number of rotatable bonds is 10. The fraction of sp³-hybridized carbons (Fsp3) is 0.107. The maximum absolute atomic E-state index is 13.2. The number of ketones is 1. The van der Waals surface area contributed by atoms with E-state index < -0.39 is 0 Å². The predicted molar refractivity (Wildman–Crippen MR) is 140 cm³/mol. The molecule has 188 valence electrons. The summed E-state index contributed by atoms with van der Waals surface area (Å²) in [6, 6.07) is 16.2. The second kappa shape index (κ2) is 11.8. The zero-order chi connectivity index (χ0) is 26.2. The minimum atomic E-state index is -0.354. The van der Waals surface area contributed by atoms with Gasteiger partial charge in [-0.05, 0) is 66.7 Å². The number of pyridine rings is 2. The lowest BCUT2D eigenvalue weighted by Crippen LogP contribution is -2.04. The number of nitrogens with one attached hydrogen (secondary N) is 2. The molecule has 2 aromatic heterocycles. The average Bonchev–Trinajstić information content (AvgIpc) is 2.93. The van der Waals surface area contributed by atoms with Crippen molar-refractivity contribution in [3.63, 3.8) is 0 Å². The first-order valence-electron chi connectivity index (χ1n) is 11.3. The maximum Gasteiger partial charge on any atom is 0.189 e. The molecule has 3 N–H and O–H groups in total. The van der Waals surface area contributed by atoms with Crippen LogP contribution in [0.2, 0.25) is 0 Å². The molecular weight excluding hydrogens is 475 g/mol. The van der Waals surface area contributed by atoms with E-state index in [9.17, 15) is 14.3 Å². The van der Waals surface area contributed by atoms with Gasteiger partial charge in [0.05, 0.1) is 26.4 Å². The van der Waals surface area contributed by atoms with Gasteiger partial charge < -0.3 is 25.2 Å². The number of benzene rings is 2. The lowest BCUT2D eigenvalue weighted by Gasteiger charge is -2.15. The fourth-order valence-corrected chi connectivity index (χ4v) is 3.66. The third kappa shape index (κ3) is 6.09. The van der Waals surface area contributed by atoms with Crippen LogP contribution in [-0.2, 0) is 6.61 Å². The molecule has 0 bridgehead atoms. The van der Waals surface area contributed by atoms with E-state index in [1.54, 1.807) is 60.9 Å². The quantitative estimate of drug-likeness (QED) is 0.193. The van der Waals surface area contributed by atoms with Gasteiger partial charge in [0.25, 0.3) is 0 Å². The molecule has 0 aliphatic rings. The fourth-order valence-electron chi connectivity index (χ4n) is 3.66. The summed E-state index contributed by atoms with van der Waals surface area (Å²) >= 11 is 0. The third-order valence-electron chi connectivity index (χ3n) is 5.42. The molecule has 4 rings (SSSR count).